The van der Waals surface area contributed by atoms with Gasteiger partial charge < -0.3 is 9.64 Å². The Bertz CT molecular complexity index is 236. The van der Waals surface area contributed by atoms with Gasteiger partial charge in [0, 0.05) is 25.9 Å². The lowest BCUT2D eigenvalue weighted by molar-refractivity contribution is -0.142. The van der Waals surface area contributed by atoms with Crippen LogP contribution in [0.3, 0.4) is 0 Å². The third-order valence-corrected chi connectivity index (χ3v) is 2.93. The van der Waals surface area contributed by atoms with Crippen LogP contribution in [-0.4, -0.2) is 37.5 Å². The van der Waals surface area contributed by atoms with Crippen molar-refractivity contribution in [3.63, 3.8) is 0 Å². The maximum Gasteiger partial charge on any atom is 0.305 e. The minimum atomic E-state index is -0.209. The lowest BCUT2D eigenvalue weighted by Gasteiger charge is -2.29. The van der Waals surface area contributed by atoms with Gasteiger partial charge in [-0.15, -0.1) is 0 Å². The van der Waals surface area contributed by atoms with Gasteiger partial charge in [-0.1, -0.05) is 6.42 Å². The number of esters is 1. The molecule has 4 heteroatoms. The minimum Gasteiger partial charge on any atom is -0.469 e. The number of nitrogens with zero attached hydrogens (tertiary/aromatic N) is 1. The van der Waals surface area contributed by atoms with E-state index in [9.17, 15) is 9.59 Å². The van der Waals surface area contributed by atoms with Crippen molar-refractivity contribution >= 4 is 11.9 Å². The Labute approximate surface area is 90.6 Å². The van der Waals surface area contributed by atoms with Crippen molar-refractivity contribution in [3.8, 4) is 0 Å². The fourth-order valence-corrected chi connectivity index (χ4v) is 1.64. The summed E-state index contributed by atoms with van der Waals surface area (Å²) < 4.78 is 4.53. The van der Waals surface area contributed by atoms with E-state index >= 15 is 0 Å². The Hall–Kier alpha value is -1.06. The molecule has 86 valence electrons. The third-order valence-electron chi connectivity index (χ3n) is 2.93. The van der Waals surface area contributed by atoms with Crippen LogP contribution >= 0.6 is 0 Å². The number of carbonyl (C=O) groups is 2. The lowest BCUT2D eigenvalue weighted by Crippen LogP contribution is -2.36. The number of rotatable bonds is 5. The Kier molecular flexibility index (Phi) is 4.59. The molecule has 1 amide bonds. The number of hydrogen-bond donors (Lipinski definition) is 0. The summed E-state index contributed by atoms with van der Waals surface area (Å²) in [6.07, 6.45) is 4.30. The van der Waals surface area contributed by atoms with E-state index in [1.54, 1.807) is 11.9 Å². The molecule has 0 bridgehead atoms. The summed E-state index contributed by atoms with van der Waals surface area (Å²) in [5, 5.41) is 0. The standard InChI is InChI=1S/C11H19NO3/c1-12(8-4-7-10(13)15-2)11(14)9-5-3-6-9/h9H,3-8H2,1-2H3. The van der Waals surface area contributed by atoms with Crippen molar-refractivity contribution < 1.29 is 14.3 Å². The minimum absolute atomic E-state index is 0.209. The van der Waals surface area contributed by atoms with E-state index in [1.165, 1.54) is 13.5 Å². The highest BCUT2D eigenvalue weighted by molar-refractivity contribution is 5.79. The molecule has 0 aromatic rings. The zero-order valence-electron chi connectivity index (χ0n) is 9.49. The van der Waals surface area contributed by atoms with Gasteiger partial charge in [0.05, 0.1) is 7.11 Å². The van der Waals surface area contributed by atoms with Crippen LogP contribution in [-0.2, 0) is 14.3 Å². The topological polar surface area (TPSA) is 46.6 Å². The number of carbonyl (C=O) groups excluding carboxylic acids is 2. The Morgan fingerprint density at radius 3 is 2.53 bits per heavy atom. The van der Waals surface area contributed by atoms with Gasteiger partial charge in [0.15, 0.2) is 0 Å². The van der Waals surface area contributed by atoms with Crippen LogP contribution in [0, 0.1) is 5.92 Å². The highest BCUT2D eigenvalue weighted by Crippen LogP contribution is 2.27. The van der Waals surface area contributed by atoms with E-state index in [1.807, 2.05) is 0 Å². The predicted molar refractivity (Wildman–Crippen MR) is 56.2 cm³/mol. The summed E-state index contributed by atoms with van der Waals surface area (Å²) in [5.74, 6) is 0.263. The maximum atomic E-state index is 11.7. The molecule has 0 atom stereocenters. The second-order valence-corrected chi connectivity index (χ2v) is 4.07. The van der Waals surface area contributed by atoms with E-state index in [0.717, 1.165) is 12.8 Å². The molecular formula is C11H19NO3. The second-order valence-electron chi connectivity index (χ2n) is 4.07. The SMILES string of the molecule is COC(=O)CCCN(C)C(=O)C1CCC1. The molecule has 15 heavy (non-hydrogen) atoms. The molecule has 4 nitrogen and oxygen atoms in total. The van der Waals surface area contributed by atoms with Crippen LogP contribution in [0.5, 0.6) is 0 Å². The monoisotopic (exact) mass is 213 g/mol. The van der Waals surface area contributed by atoms with Crippen LogP contribution < -0.4 is 0 Å². The molecule has 1 saturated carbocycles. The van der Waals surface area contributed by atoms with Gasteiger partial charge in [-0.05, 0) is 19.3 Å². The molecule has 0 heterocycles. The average molecular weight is 213 g/mol. The molecule has 0 unspecified atom stereocenters. The third kappa shape index (κ3) is 3.53. The van der Waals surface area contributed by atoms with E-state index in [4.69, 9.17) is 0 Å². The van der Waals surface area contributed by atoms with E-state index in [0.29, 0.717) is 19.4 Å². The Balaban J connectivity index is 2.14. The van der Waals surface area contributed by atoms with Crippen molar-refractivity contribution in [2.45, 2.75) is 32.1 Å². The molecule has 0 radical (unpaired) electrons. The Morgan fingerprint density at radius 2 is 2.07 bits per heavy atom. The zero-order chi connectivity index (χ0) is 11.3. The first-order valence-corrected chi connectivity index (χ1v) is 5.47. The highest BCUT2D eigenvalue weighted by Gasteiger charge is 2.27. The number of amides is 1. The van der Waals surface area contributed by atoms with E-state index in [2.05, 4.69) is 4.74 Å². The number of ether oxygens (including phenoxy) is 1. The summed E-state index contributed by atoms with van der Waals surface area (Å²) in [4.78, 5) is 24.2. The summed E-state index contributed by atoms with van der Waals surface area (Å²) in [5.41, 5.74) is 0. The van der Waals surface area contributed by atoms with Crippen LogP contribution in [0.4, 0.5) is 0 Å². The molecule has 0 aliphatic heterocycles. The van der Waals surface area contributed by atoms with E-state index in [-0.39, 0.29) is 17.8 Å². The molecule has 1 aliphatic rings. The summed E-state index contributed by atoms with van der Waals surface area (Å²) in [6, 6.07) is 0. The average Bonchev–Trinajstić information content (AvgIpc) is 2.14. The quantitative estimate of drug-likeness (QED) is 0.645. The van der Waals surface area contributed by atoms with E-state index < -0.39 is 0 Å². The van der Waals surface area contributed by atoms with Gasteiger partial charge in [-0.3, -0.25) is 9.59 Å². The normalized spacial score (nSPS) is 15.6. The van der Waals surface area contributed by atoms with Gasteiger partial charge in [-0.25, -0.2) is 0 Å². The molecule has 1 aliphatic carbocycles. The molecule has 0 saturated heterocycles. The molecule has 1 fully saturated rings. The van der Waals surface area contributed by atoms with Gasteiger partial charge in [0.2, 0.25) is 5.91 Å². The van der Waals surface area contributed by atoms with Gasteiger partial charge in [0.25, 0.3) is 0 Å². The van der Waals surface area contributed by atoms with Crippen molar-refractivity contribution in [1.82, 2.24) is 4.90 Å². The molecule has 1 rings (SSSR count). The summed E-state index contributed by atoms with van der Waals surface area (Å²) in [6.45, 7) is 0.643. The summed E-state index contributed by atoms with van der Waals surface area (Å²) >= 11 is 0. The van der Waals surface area contributed by atoms with Crippen molar-refractivity contribution in [1.29, 1.82) is 0 Å². The van der Waals surface area contributed by atoms with Crippen molar-refractivity contribution in [3.05, 3.63) is 0 Å². The number of hydrogen-bond acceptors (Lipinski definition) is 3. The molecule has 0 spiro atoms. The summed E-state index contributed by atoms with van der Waals surface area (Å²) in [7, 11) is 3.18. The van der Waals surface area contributed by atoms with Crippen molar-refractivity contribution in [2.75, 3.05) is 20.7 Å². The van der Waals surface area contributed by atoms with Crippen LogP contribution in [0.25, 0.3) is 0 Å². The zero-order valence-corrected chi connectivity index (χ0v) is 9.49. The van der Waals surface area contributed by atoms with Crippen LogP contribution in [0.15, 0.2) is 0 Å². The molecular weight excluding hydrogens is 194 g/mol. The Morgan fingerprint density at radius 1 is 1.40 bits per heavy atom. The second kappa shape index (κ2) is 5.73. The van der Waals surface area contributed by atoms with Gasteiger partial charge in [-0.2, -0.15) is 0 Å². The molecule has 0 aromatic carbocycles. The highest BCUT2D eigenvalue weighted by atomic mass is 16.5. The molecule has 0 aromatic heterocycles. The maximum absolute atomic E-state index is 11.7. The van der Waals surface area contributed by atoms with Crippen molar-refractivity contribution in [2.24, 2.45) is 5.92 Å². The van der Waals surface area contributed by atoms with Crippen LogP contribution in [0.2, 0.25) is 0 Å². The van der Waals surface area contributed by atoms with Gasteiger partial charge >= 0.3 is 5.97 Å². The first-order chi connectivity index (χ1) is 7.15. The first-order valence-electron chi connectivity index (χ1n) is 5.47. The number of methoxy groups -OCH3 is 1. The molecule has 0 N–H and O–H groups in total. The predicted octanol–water partition coefficient (Wildman–Crippen LogP) is 1.20. The fraction of sp³-hybridized carbons (Fsp3) is 0.818. The lowest BCUT2D eigenvalue weighted by atomic mass is 9.84. The van der Waals surface area contributed by atoms with Gasteiger partial charge in [0.1, 0.15) is 0 Å². The largest absolute Gasteiger partial charge is 0.469 e. The fourth-order valence-electron chi connectivity index (χ4n) is 1.64. The van der Waals surface area contributed by atoms with Crippen LogP contribution in [0.1, 0.15) is 32.1 Å². The smallest absolute Gasteiger partial charge is 0.305 e. The first kappa shape index (κ1) is 12.0.